The molecular formula is C19H35NO. The van der Waals surface area contributed by atoms with Gasteiger partial charge < -0.3 is 5.32 Å². The normalized spacial score (nSPS) is 22.6. The Hall–Kier alpha value is -0.530. The first kappa shape index (κ1) is 16.8. The zero-order valence-electron chi connectivity index (χ0n) is 14.4. The molecule has 0 aromatic heterocycles. The number of rotatable bonds is 6. The van der Waals surface area contributed by atoms with E-state index in [1.165, 1.54) is 57.8 Å². The van der Waals surface area contributed by atoms with Gasteiger partial charge in [-0.3, -0.25) is 4.79 Å². The molecular weight excluding hydrogens is 258 g/mol. The van der Waals surface area contributed by atoms with Crippen molar-refractivity contribution < 1.29 is 4.79 Å². The van der Waals surface area contributed by atoms with Crippen LogP contribution in [-0.2, 0) is 4.79 Å². The maximum atomic E-state index is 12.6. The molecule has 0 spiro atoms. The van der Waals surface area contributed by atoms with E-state index in [0.717, 1.165) is 24.7 Å². The number of amides is 1. The molecule has 2 saturated carbocycles. The fraction of sp³-hybridized carbons (Fsp3) is 0.947. The summed E-state index contributed by atoms with van der Waals surface area (Å²) in [5.74, 6) is 2.28. The highest BCUT2D eigenvalue weighted by Gasteiger charge is 2.28. The Morgan fingerprint density at radius 3 is 2.05 bits per heavy atom. The Bertz CT molecular complexity index is 319. The molecule has 0 radical (unpaired) electrons. The third-order valence-corrected chi connectivity index (χ3v) is 5.36. The number of carbonyl (C=O) groups excluding carboxylic acids is 1. The molecule has 1 atom stereocenters. The third-order valence-electron chi connectivity index (χ3n) is 5.36. The predicted molar refractivity (Wildman–Crippen MR) is 89.2 cm³/mol. The molecule has 2 fully saturated rings. The summed E-state index contributed by atoms with van der Waals surface area (Å²) in [5.41, 5.74) is -0.0988. The Morgan fingerprint density at radius 1 is 1.00 bits per heavy atom. The van der Waals surface area contributed by atoms with E-state index in [-0.39, 0.29) is 11.5 Å². The monoisotopic (exact) mass is 293 g/mol. The van der Waals surface area contributed by atoms with Crippen molar-refractivity contribution in [1.29, 1.82) is 0 Å². The van der Waals surface area contributed by atoms with E-state index in [2.05, 4.69) is 26.1 Å². The first-order chi connectivity index (χ1) is 9.94. The van der Waals surface area contributed by atoms with Gasteiger partial charge in [-0.25, -0.2) is 0 Å². The van der Waals surface area contributed by atoms with E-state index in [9.17, 15) is 4.79 Å². The van der Waals surface area contributed by atoms with E-state index < -0.39 is 0 Å². The van der Waals surface area contributed by atoms with E-state index in [1.807, 2.05) is 0 Å². The Kier molecular flexibility index (Phi) is 6.13. The summed E-state index contributed by atoms with van der Waals surface area (Å²) < 4.78 is 0. The van der Waals surface area contributed by atoms with Gasteiger partial charge >= 0.3 is 0 Å². The molecule has 2 rings (SSSR count). The quantitative estimate of drug-likeness (QED) is 0.728. The zero-order valence-corrected chi connectivity index (χ0v) is 14.4. The van der Waals surface area contributed by atoms with Crippen LogP contribution in [0.15, 0.2) is 0 Å². The van der Waals surface area contributed by atoms with Gasteiger partial charge in [0.15, 0.2) is 0 Å². The molecule has 0 aromatic rings. The summed E-state index contributed by atoms with van der Waals surface area (Å²) in [4.78, 5) is 12.6. The number of carbonyl (C=O) groups is 1. The standard InChI is InChI=1S/C19H35NO/c1-19(2,3)20-18(21)17(14-16-10-6-7-11-16)13-12-15-8-4-5-9-15/h15-17H,4-14H2,1-3H3,(H,20,21). The minimum atomic E-state index is -0.0988. The molecule has 0 saturated heterocycles. The smallest absolute Gasteiger partial charge is 0.223 e. The fourth-order valence-electron chi connectivity index (χ4n) is 4.21. The molecule has 1 amide bonds. The minimum Gasteiger partial charge on any atom is -0.351 e. The van der Waals surface area contributed by atoms with Gasteiger partial charge in [0, 0.05) is 11.5 Å². The highest BCUT2D eigenvalue weighted by Crippen LogP contribution is 2.35. The van der Waals surface area contributed by atoms with Crippen LogP contribution in [0.3, 0.4) is 0 Å². The summed E-state index contributed by atoms with van der Waals surface area (Å²) >= 11 is 0. The Morgan fingerprint density at radius 2 is 1.52 bits per heavy atom. The molecule has 0 bridgehead atoms. The van der Waals surface area contributed by atoms with Crippen LogP contribution in [0.5, 0.6) is 0 Å². The van der Waals surface area contributed by atoms with Crippen LogP contribution in [0, 0.1) is 17.8 Å². The van der Waals surface area contributed by atoms with Gasteiger partial charge in [-0.1, -0.05) is 51.4 Å². The van der Waals surface area contributed by atoms with Gasteiger partial charge in [0.05, 0.1) is 0 Å². The molecule has 2 nitrogen and oxygen atoms in total. The highest BCUT2D eigenvalue weighted by atomic mass is 16.2. The average molecular weight is 293 g/mol. The SMILES string of the molecule is CC(C)(C)NC(=O)C(CCC1CCCC1)CC1CCCC1. The second-order valence-corrected chi connectivity index (χ2v) is 8.55. The first-order valence-electron chi connectivity index (χ1n) is 9.26. The Balaban J connectivity index is 1.86. The van der Waals surface area contributed by atoms with Crippen molar-refractivity contribution in [3.8, 4) is 0 Å². The lowest BCUT2D eigenvalue weighted by atomic mass is 9.86. The number of hydrogen-bond acceptors (Lipinski definition) is 1. The molecule has 0 aromatic carbocycles. The largest absolute Gasteiger partial charge is 0.351 e. The number of hydrogen-bond donors (Lipinski definition) is 1. The summed E-state index contributed by atoms with van der Waals surface area (Å²) in [6, 6.07) is 0. The second kappa shape index (κ2) is 7.65. The summed E-state index contributed by atoms with van der Waals surface area (Å²) in [6.45, 7) is 6.28. The highest BCUT2D eigenvalue weighted by molar-refractivity contribution is 5.79. The van der Waals surface area contributed by atoms with Crippen LogP contribution in [0.2, 0.25) is 0 Å². The molecule has 2 heteroatoms. The average Bonchev–Trinajstić information content (AvgIpc) is 3.05. The topological polar surface area (TPSA) is 29.1 Å². The van der Waals surface area contributed by atoms with Gasteiger partial charge in [-0.15, -0.1) is 0 Å². The number of nitrogens with one attached hydrogen (secondary N) is 1. The van der Waals surface area contributed by atoms with Crippen LogP contribution in [-0.4, -0.2) is 11.4 Å². The lowest BCUT2D eigenvalue weighted by molar-refractivity contribution is -0.127. The van der Waals surface area contributed by atoms with Crippen molar-refractivity contribution >= 4 is 5.91 Å². The van der Waals surface area contributed by atoms with Crippen LogP contribution in [0.1, 0.15) is 91.4 Å². The van der Waals surface area contributed by atoms with Gasteiger partial charge in [-0.2, -0.15) is 0 Å². The molecule has 0 aliphatic heterocycles. The minimum absolute atomic E-state index is 0.0988. The maximum absolute atomic E-state index is 12.6. The molecule has 0 heterocycles. The van der Waals surface area contributed by atoms with Crippen molar-refractivity contribution in [3.63, 3.8) is 0 Å². The second-order valence-electron chi connectivity index (χ2n) is 8.55. The zero-order chi connectivity index (χ0) is 15.3. The maximum Gasteiger partial charge on any atom is 0.223 e. The molecule has 122 valence electrons. The van der Waals surface area contributed by atoms with Crippen LogP contribution >= 0.6 is 0 Å². The lowest BCUT2D eigenvalue weighted by Crippen LogP contribution is -2.44. The van der Waals surface area contributed by atoms with E-state index in [1.54, 1.807) is 0 Å². The summed E-state index contributed by atoms with van der Waals surface area (Å²) in [7, 11) is 0. The third kappa shape index (κ3) is 6.00. The predicted octanol–water partition coefficient (Wildman–Crippen LogP) is 5.07. The molecule has 2 aliphatic rings. The molecule has 1 N–H and O–H groups in total. The van der Waals surface area contributed by atoms with Gasteiger partial charge in [0.1, 0.15) is 0 Å². The fourth-order valence-corrected chi connectivity index (χ4v) is 4.21. The van der Waals surface area contributed by atoms with E-state index in [4.69, 9.17) is 0 Å². The van der Waals surface area contributed by atoms with Crippen molar-refractivity contribution in [1.82, 2.24) is 5.32 Å². The van der Waals surface area contributed by atoms with E-state index >= 15 is 0 Å². The van der Waals surface area contributed by atoms with Crippen LogP contribution in [0.4, 0.5) is 0 Å². The van der Waals surface area contributed by atoms with Gasteiger partial charge in [-0.05, 0) is 51.9 Å². The van der Waals surface area contributed by atoms with Crippen molar-refractivity contribution in [2.45, 2.75) is 96.9 Å². The summed E-state index contributed by atoms with van der Waals surface area (Å²) in [5, 5.41) is 3.23. The van der Waals surface area contributed by atoms with Crippen LogP contribution in [0.25, 0.3) is 0 Å². The van der Waals surface area contributed by atoms with Gasteiger partial charge in [0.2, 0.25) is 5.91 Å². The lowest BCUT2D eigenvalue weighted by Gasteiger charge is -2.27. The van der Waals surface area contributed by atoms with Crippen LogP contribution < -0.4 is 5.32 Å². The van der Waals surface area contributed by atoms with Crippen molar-refractivity contribution in [2.24, 2.45) is 17.8 Å². The van der Waals surface area contributed by atoms with Gasteiger partial charge in [0.25, 0.3) is 0 Å². The Labute approximate surface area is 131 Å². The van der Waals surface area contributed by atoms with E-state index in [0.29, 0.717) is 5.91 Å². The van der Waals surface area contributed by atoms with Crippen molar-refractivity contribution in [3.05, 3.63) is 0 Å². The first-order valence-corrected chi connectivity index (χ1v) is 9.26. The molecule has 2 aliphatic carbocycles. The summed E-state index contributed by atoms with van der Waals surface area (Å²) in [6.07, 6.45) is 14.6. The van der Waals surface area contributed by atoms with Crippen molar-refractivity contribution in [2.75, 3.05) is 0 Å². The molecule has 21 heavy (non-hydrogen) atoms. The molecule has 1 unspecified atom stereocenters.